The lowest BCUT2D eigenvalue weighted by atomic mass is 9.81. The van der Waals surface area contributed by atoms with Gasteiger partial charge in [-0.15, -0.1) is 11.3 Å². The van der Waals surface area contributed by atoms with Crippen molar-refractivity contribution in [1.29, 1.82) is 0 Å². The molecule has 0 aliphatic carbocycles. The van der Waals surface area contributed by atoms with Crippen molar-refractivity contribution >= 4 is 44.9 Å². The maximum Gasteiger partial charge on any atom is 0.332 e. The molecule has 0 unspecified atom stereocenters. The first kappa shape index (κ1) is 37.2. The molecule has 9 rings (SSSR count). The Morgan fingerprint density at radius 2 is 1.75 bits per heavy atom. The van der Waals surface area contributed by atoms with Gasteiger partial charge in [-0.1, -0.05) is 42.5 Å². The van der Waals surface area contributed by atoms with E-state index in [9.17, 15) is 14.4 Å². The number of thioether (sulfide) groups is 1. The Balaban J connectivity index is 0.968. The van der Waals surface area contributed by atoms with Crippen LogP contribution >= 0.6 is 23.1 Å². The standard InChI is InChI=1S/C44H43N5O6S2/c1-4-54-37-20-31-32(21-36(37)53-3)40(46-34-16-19-56-24-33(31)34)28-10-12-29(13-11-28)42(50)47-17-14-30(15-18-47)49-43(51)41-35(22-39(57-41)27-8-6-5-7-9-27)48(44(49)52)23-38-26(2)45-25-55-38/h5-13,20-22,25,30,33-34H,4,14-19,23-24H2,1-3H3/t33-,34-/m1/s1. The molecular weight excluding hydrogens is 759 g/mol. The summed E-state index contributed by atoms with van der Waals surface area (Å²) in [7, 11) is 1.66. The van der Waals surface area contributed by atoms with E-state index in [1.54, 1.807) is 11.7 Å². The number of piperidine rings is 1. The van der Waals surface area contributed by atoms with Gasteiger partial charge in [0.15, 0.2) is 17.9 Å². The SMILES string of the molecule is CCOc1cc2c(cc1OC)C(c1ccc(C(=O)N3CCC(n4c(=O)c5sc(-c6ccccc6)cc5n(Cc5ocnc5C)c4=O)CC3)cc1)=N[C@@H]1CCSC[C@H]21. The summed E-state index contributed by atoms with van der Waals surface area (Å²) in [6, 6.07) is 23.5. The smallest absolute Gasteiger partial charge is 0.332 e. The van der Waals surface area contributed by atoms with Crippen molar-refractivity contribution in [2.45, 2.75) is 57.7 Å². The summed E-state index contributed by atoms with van der Waals surface area (Å²) in [6.07, 6.45) is 3.33. The molecule has 13 heteroatoms. The van der Waals surface area contributed by atoms with Crippen molar-refractivity contribution in [1.82, 2.24) is 19.0 Å². The lowest BCUT2D eigenvalue weighted by Gasteiger charge is -2.35. The predicted octanol–water partition coefficient (Wildman–Crippen LogP) is 7.56. The lowest BCUT2D eigenvalue weighted by molar-refractivity contribution is 0.0691. The molecule has 0 saturated carbocycles. The van der Waals surface area contributed by atoms with Gasteiger partial charge in [0.25, 0.3) is 11.5 Å². The number of hydrogen-bond acceptors (Lipinski definition) is 10. The van der Waals surface area contributed by atoms with Gasteiger partial charge in [0, 0.05) is 52.4 Å². The third kappa shape index (κ3) is 6.80. The molecule has 3 aromatic heterocycles. The normalized spacial score (nSPS) is 18.2. The van der Waals surface area contributed by atoms with Crippen LogP contribution in [0, 0.1) is 6.92 Å². The second-order valence-electron chi connectivity index (χ2n) is 14.7. The highest BCUT2D eigenvalue weighted by molar-refractivity contribution is 7.99. The highest BCUT2D eigenvalue weighted by Gasteiger charge is 2.35. The van der Waals surface area contributed by atoms with Crippen molar-refractivity contribution in [3.05, 3.63) is 134 Å². The number of amides is 1. The Morgan fingerprint density at radius 1 is 0.965 bits per heavy atom. The summed E-state index contributed by atoms with van der Waals surface area (Å²) in [6.45, 7) is 5.35. The zero-order valence-corrected chi connectivity index (χ0v) is 33.7. The van der Waals surface area contributed by atoms with Crippen molar-refractivity contribution in [3.8, 4) is 21.9 Å². The average molecular weight is 802 g/mol. The number of oxazole rings is 1. The Morgan fingerprint density at radius 3 is 2.47 bits per heavy atom. The summed E-state index contributed by atoms with van der Waals surface area (Å²) in [5, 5.41) is 0. The van der Waals surface area contributed by atoms with Crippen molar-refractivity contribution in [2.75, 3.05) is 38.3 Å². The van der Waals surface area contributed by atoms with Gasteiger partial charge in [0.1, 0.15) is 10.5 Å². The summed E-state index contributed by atoms with van der Waals surface area (Å²) < 4.78 is 20.9. The zero-order chi connectivity index (χ0) is 39.2. The number of aromatic nitrogens is 3. The fourth-order valence-electron chi connectivity index (χ4n) is 8.44. The van der Waals surface area contributed by atoms with E-state index < -0.39 is 5.69 Å². The number of fused-ring (bicyclic) bond motifs is 4. The van der Waals surface area contributed by atoms with E-state index in [0.717, 1.165) is 51.0 Å². The van der Waals surface area contributed by atoms with Crippen molar-refractivity contribution in [2.24, 2.45) is 4.99 Å². The summed E-state index contributed by atoms with van der Waals surface area (Å²) in [5.74, 6) is 4.32. The van der Waals surface area contributed by atoms with Gasteiger partial charge in [-0.3, -0.25) is 23.7 Å². The average Bonchev–Trinajstić information content (AvgIpc) is 3.89. The molecule has 2 atom stereocenters. The van der Waals surface area contributed by atoms with E-state index in [2.05, 4.69) is 11.1 Å². The van der Waals surface area contributed by atoms with Crippen LogP contribution in [0.3, 0.4) is 0 Å². The number of methoxy groups -OCH3 is 1. The van der Waals surface area contributed by atoms with Crippen LogP contribution in [0.2, 0.25) is 0 Å². The second-order valence-corrected chi connectivity index (χ2v) is 16.9. The fourth-order valence-corrected chi connectivity index (χ4v) is 10.8. The molecule has 3 aliphatic heterocycles. The minimum atomic E-state index is -0.390. The molecule has 2 saturated heterocycles. The molecular formula is C44H43N5O6S2. The maximum absolute atomic E-state index is 14.3. The van der Waals surface area contributed by atoms with E-state index in [0.29, 0.717) is 71.4 Å². The number of hydrogen-bond donors (Lipinski definition) is 0. The summed E-state index contributed by atoms with van der Waals surface area (Å²) in [4.78, 5) is 54.6. The topological polar surface area (TPSA) is 121 Å². The number of carbonyl (C=O) groups is 1. The molecule has 0 N–H and O–H groups in total. The number of thiophene rings is 1. The molecule has 0 radical (unpaired) electrons. The van der Waals surface area contributed by atoms with E-state index in [1.165, 1.54) is 27.9 Å². The summed E-state index contributed by atoms with van der Waals surface area (Å²) >= 11 is 3.36. The number of benzene rings is 3. The molecule has 3 aromatic carbocycles. The third-order valence-corrected chi connectivity index (χ3v) is 13.8. The molecule has 1 amide bonds. The van der Waals surface area contributed by atoms with Crippen molar-refractivity contribution in [3.63, 3.8) is 0 Å². The number of nitrogens with zero attached hydrogens (tertiary/aromatic N) is 5. The van der Waals surface area contributed by atoms with Gasteiger partial charge in [0.05, 0.1) is 43.2 Å². The van der Waals surface area contributed by atoms with Gasteiger partial charge in [0.2, 0.25) is 0 Å². The molecule has 6 aromatic rings. The predicted molar refractivity (Wildman–Crippen MR) is 225 cm³/mol. The molecule has 57 heavy (non-hydrogen) atoms. The Bertz CT molecular complexity index is 2620. The minimum Gasteiger partial charge on any atom is -0.493 e. The van der Waals surface area contributed by atoms with Gasteiger partial charge in [-0.05, 0) is 80.3 Å². The zero-order valence-electron chi connectivity index (χ0n) is 32.1. The number of carbonyl (C=O) groups excluding carboxylic acids is 1. The number of ether oxygens (including phenoxy) is 2. The second kappa shape index (κ2) is 15.5. The highest BCUT2D eigenvalue weighted by atomic mass is 32.2. The van der Waals surface area contributed by atoms with Crippen LogP contribution in [0.1, 0.15) is 76.6 Å². The molecule has 6 heterocycles. The highest BCUT2D eigenvalue weighted by Crippen LogP contribution is 2.44. The Hall–Kier alpha value is -5.40. The third-order valence-electron chi connectivity index (χ3n) is 11.5. The Labute approximate surface area is 338 Å². The van der Waals surface area contributed by atoms with Crippen LogP contribution in [0.15, 0.2) is 98.2 Å². The molecule has 3 aliphatic rings. The van der Waals surface area contributed by atoms with Gasteiger partial charge >= 0.3 is 5.69 Å². The minimum absolute atomic E-state index is 0.0786. The van der Waals surface area contributed by atoms with Gasteiger partial charge in [-0.2, -0.15) is 11.8 Å². The molecule has 0 spiro atoms. The monoisotopic (exact) mass is 801 g/mol. The maximum atomic E-state index is 14.3. The first-order valence-corrected chi connectivity index (χ1v) is 21.4. The van der Waals surface area contributed by atoms with Gasteiger partial charge in [-0.25, -0.2) is 9.78 Å². The molecule has 292 valence electrons. The van der Waals surface area contributed by atoms with Crippen LogP contribution in [0.5, 0.6) is 11.5 Å². The number of aliphatic imine (C=N–C) groups is 1. The largest absolute Gasteiger partial charge is 0.493 e. The first-order valence-electron chi connectivity index (χ1n) is 19.5. The molecule has 11 nitrogen and oxygen atoms in total. The molecule has 2 fully saturated rings. The van der Waals surface area contributed by atoms with Crippen LogP contribution in [0.4, 0.5) is 0 Å². The number of likely N-dealkylation sites (tertiary alicyclic amines) is 1. The van der Waals surface area contributed by atoms with Crippen LogP contribution in [-0.2, 0) is 6.54 Å². The van der Waals surface area contributed by atoms with E-state index >= 15 is 0 Å². The molecule has 0 bridgehead atoms. The number of rotatable bonds is 9. The van der Waals surface area contributed by atoms with Crippen LogP contribution in [-0.4, -0.2) is 75.0 Å². The van der Waals surface area contributed by atoms with Crippen LogP contribution in [0.25, 0.3) is 20.7 Å². The van der Waals surface area contributed by atoms with Crippen molar-refractivity contribution < 1.29 is 18.7 Å². The first-order chi connectivity index (χ1) is 27.8. The lowest BCUT2D eigenvalue weighted by Crippen LogP contribution is -2.46. The van der Waals surface area contributed by atoms with E-state index in [1.807, 2.05) is 97.2 Å². The Kier molecular flexibility index (Phi) is 10.1. The summed E-state index contributed by atoms with van der Waals surface area (Å²) in [5.41, 5.74) is 6.27. The van der Waals surface area contributed by atoms with Gasteiger partial charge < -0.3 is 18.8 Å². The van der Waals surface area contributed by atoms with Crippen LogP contribution < -0.4 is 20.7 Å². The fraction of sp³-hybridized carbons (Fsp3) is 0.341. The van der Waals surface area contributed by atoms with E-state index in [-0.39, 0.29) is 30.1 Å². The number of aryl methyl sites for hydroxylation is 1. The van der Waals surface area contributed by atoms with E-state index in [4.69, 9.17) is 18.9 Å². The quantitative estimate of drug-likeness (QED) is 0.147.